The van der Waals surface area contributed by atoms with Gasteiger partial charge in [-0.1, -0.05) is 0 Å². The Morgan fingerprint density at radius 2 is 2.33 bits per heavy atom. The Morgan fingerprint density at radius 1 is 1.83 bits per heavy atom. The molecule has 0 spiro atoms. The first-order valence-electron chi connectivity index (χ1n) is 1.42. The first-order valence-corrected chi connectivity index (χ1v) is 1.42. The van der Waals surface area contributed by atoms with Crippen molar-refractivity contribution < 1.29 is 9.90 Å². The third kappa shape index (κ3) is 1.52. The highest BCUT2D eigenvalue weighted by Gasteiger charge is 1.75. The molecule has 0 saturated carbocycles. The summed E-state index contributed by atoms with van der Waals surface area (Å²) in [5.41, 5.74) is 0.0926. The van der Waals surface area contributed by atoms with Gasteiger partial charge in [-0.05, 0) is 6.92 Å². The first kappa shape index (κ1) is 5.21. The Kier molecular flexibility index (Phi) is 2.13. The lowest BCUT2D eigenvalue weighted by Crippen LogP contribution is -1.72. The van der Waals surface area contributed by atoms with Gasteiger partial charge in [-0.25, -0.2) is 0 Å². The fraction of sp³-hybridized carbons (Fsp3) is 0. The Morgan fingerprint density at radius 3 is 2.33 bits per heavy atom. The highest BCUT2D eigenvalue weighted by Crippen LogP contribution is 1.76. The van der Waals surface area contributed by atoms with Gasteiger partial charge in [-0.2, -0.15) is 0 Å². The molecular weight excluding hydrogens is 80.0 g/mol. The van der Waals surface area contributed by atoms with Crippen molar-refractivity contribution in [2.24, 2.45) is 0 Å². The molecule has 33 valence electrons. The number of hydrogen-bond acceptors (Lipinski definition) is 2. The van der Waals surface area contributed by atoms with E-state index in [1.165, 1.54) is 0 Å². The zero-order valence-corrected chi connectivity index (χ0v) is 3.22. The number of carbonyl (C=O) groups is 1. The molecule has 0 rings (SSSR count). The Balaban J connectivity index is 3.50. The van der Waals surface area contributed by atoms with E-state index >= 15 is 0 Å². The Bertz CT molecular complexity index is 73.6. The van der Waals surface area contributed by atoms with Crippen molar-refractivity contribution in [3.63, 3.8) is 0 Å². The van der Waals surface area contributed by atoms with E-state index in [2.05, 4.69) is 6.92 Å². The SMILES string of the molecule is [CH2]C(C=O)=CO. The van der Waals surface area contributed by atoms with E-state index in [4.69, 9.17) is 5.11 Å². The van der Waals surface area contributed by atoms with E-state index in [9.17, 15) is 4.79 Å². The third-order valence-corrected chi connectivity index (χ3v) is 0.317. The number of rotatable bonds is 1. The Labute approximate surface area is 36.1 Å². The van der Waals surface area contributed by atoms with E-state index < -0.39 is 0 Å². The van der Waals surface area contributed by atoms with Gasteiger partial charge in [-0.3, -0.25) is 4.79 Å². The molecular formula is C4H5O2. The van der Waals surface area contributed by atoms with Gasteiger partial charge in [0, 0.05) is 5.57 Å². The van der Waals surface area contributed by atoms with Gasteiger partial charge >= 0.3 is 0 Å². The molecule has 0 atom stereocenters. The summed E-state index contributed by atoms with van der Waals surface area (Å²) in [6.45, 7) is 3.12. The van der Waals surface area contributed by atoms with E-state index in [0.29, 0.717) is 12.5 Å². The van der Waals surface area contributed by atoms with Crippen LogP contribution in [-0.2, 0) is 4.79 Å². The predicted molar refractivity (Wildman–Crippen MR) is 22.1 cm³/mol. The lowest BCUT2D eigenvalue weighted by atomic mass is 10.4. The van der Waals surface area contributed by atoms with E-state index in [1.54, 1.807) is 0 Å². The average molecular weight is 85.1 g/mol. The smallest absolute Gasteiger partial charge is 0.149 e. The number of carbonyl (C=O) groups excluding carboxylic acids is 1. The summed E-state index contributed by atoms with van der Waals surface area (Å²) in [4.78, 5) is 9.45. The summed E-state index contributed by atoms with van der Waals surface area (Å²) >= 11 is 0. The maximum absolute atomic E-state index is 9.45. The Hall–Kier alpha value is -0.790. The minimum atomic E-state index is 0.0926. The van der Waals surface area contributed by atoms with E-state index in [-0.39, 0.29) is 5.57 Å². The number of aliphatic hydroxyl groups excluding tert-OH is 1. The topological polar surface area (TPSA) is 37.3 Å². The quantitative estimate of drug-likeness (QED) is 0.285. The second kappa shape index (κ2) is 2.45. The maximum atomic E-state index is 9.45. The predicted octanol–water partition coefficient (Wildman–Crippen LogP) is 0.461. The standard InChI is InChI=1S/C4H5O2/c1-4(2-5)3-6/h2-3,5H,1H2. The highest BCUT2D eigenvalue weighted by atomic mass is 16.2. The maximum Gasteiger partial charge on any atom is 0.149 e. The van der Waals surface area contributed by atoms with Gasteiger partial charge in [0.2, 0.25) is 0 Å². The zero-order chi connectivity index (χ0) is 4.99. The van der Waals surface area contributed by atoms with Crippen molar-refractivity contribution in [3.8, 4) is 0 Å². The monoisotopic (exact) mass is 85.0 g/mol. The fourth-order valence-electron chi connectivity index (χ4n) is 0.0304. The van der Waals surface area contributed by atoms with Crippen molar-refractivity contribution in [2.45, 2.75) is 0 Å². The van der Waals surface area contributed by atoms with Crippen molar-refractivity contribution >= 4 is 6.29 Å². The largest absolute Gasteiger partial charge is 0.515 e. The zero-order valence-electron chi connectivity index (χ0n) is 3.22. The van der Waals surface area contributed by atoms with E-state index in [0.717, 1.165) is 0 Å². The van der Waals surface area contributed by atoms with Gasteiger partial charge in [-0.15, -0.1) is 0 Å². The van der Waals surface area contributed by atoms with Crippen molar-refractivity contribution in [1.82, 2.24) is 0 Å². The number of aliphatic hydroxyl groups is 1. The fourth-order valence-corrected chi connectivity index (χ4v) is 0.0304. The molecule has 2 heteroatoms. The van der Waals surface area contributed by atoms with Crippen LogP contribution in [-0.4, -0.2) is 11.4 Å². The van der Waals surface area contributed by atoms with Crippen LogP contribution in [0.25, 0.3) is 0 Å². The molecule has 0 aromatic rings. The number of allylic oxidation sites excluding steroid dienone is 1. The summed E-state index contributed by atoms with van der Waals surface area (Å²) in [5, 5.41) is 7.88. The molecule has 0 aliphatic heterocycles. The minimum Gasteiger partial charge on any atom is -0.515 e. The molecule has 0 amide bonds. The molecule has 0 fully saturated rings. The van der Waals surface area contributed by atoms with Gasteiger partial charge in [0.05, 0.1) is 6.26 Å². The van der Waals surface area contributed by atoms with Crippen LogP contribution in [0.3, 0.4) is 0 Å². The van der Waals surface area contributed by atoms with Crippen LogP contribution < -0.4 is 0 Å². The van der Waals surface area contributed by atoms with Crippen molar-refractivity contribution in [1.29, 1.82) is 0 Å². The second-order valence-electron chi connectivity index (χ2n) is 0.822. The lowest BCUT2D eigenvalue weighted by molar-refractivity contribution is -0.104. The van der Waals surface area contributed by atoms with Crippen LogP contribution in [0.2, 0.25) is 0 Å². The van der Waals surface area contributed by atoms with Gasteiger partial charge < -0.3 is 5.11 Å². The van der Waals surface area contributed by atoms with Crippen LogP contribution in [0.1, 0.15) is 0 Å². The molecule has 0 aromatic carbocycles. The third-order valence-electron chi connectivity index (χ3n) is 0.317. The molecule has 0 saturated heterocycles. The molecule has 1 radical (unpaired) electrons. The molecule has 2 nitrogen and oxygen atoms in total. The molecule has 0 unspecified atom stereocenters. The van der Waals surface area contributed by atoms with Crippen LogP contribution in [0.4, 0.5) is 0 Å². The molecule has 0 aromatic heterocycles. The molecule has 0 heterocycles. The summed E-state index contributed by atoms with van der Waals surface area (Å²) in [7, 11) is 0. The van der Waals surface area contributed by atoms with Crippen LogP contribution in [0.15, 0.2) is 11.8 Å². The normalized spacial score (nSPS) is 11.2. The number of aldehydes is 1. The van der Waals surface area contributed by atoms with Crippen LogP contribution in [0, 0.1) is 6.92 Å². The summed E-state index contributed by atoms with van der Waals surface area (Å²) in [6, 6.07) is 0. The van der Waals surface area contributed by atoms with Crippen LogP contribution >= 0.6 is 0 Å². The van der Waals surface area contributed by atoms with Gasteiger partial charge in [0.25, 0.3) is 0 Å². The van der Waals surface area contributed by atoms with Crippen LogP contribution in [0.5, 0.6) is 0 Å². The van der Waals surface area contributed by atoms with Gasteiger partial charge in [0.1, 0.15) is 6.29 Å². The lowest BCUT2D eigenvalue weighted by Gasteiger charge is -1.72. The molecule has 0 aliphatic rings. The summed E-state index contributed by atoms with van der Waals surface area (Å²) in [6.07, 6.45) is 1.13. The minimum absolute atomic E-state index is 0.0926. The average Bonchev–Trinajstić information content (AvgIpc) is 1.65. The molecule has 1 N–H and O–H groups in total. The first-order chi connectivity index (χ1) is 2.81. The van der Waals surface area contributed by atoms with Gasteiger partial charge in [0.15, 0.2) is 0 Å². The molecule has 0 bridgehead atoms. The molecule has 0 aliphatic carbocycles. The van der Waals surface area contributed by atoms with Crippen molar-refractivity contribution in [2.75, 3.05) is 0 Å². The summed E-state index contributed by atoms with van der Waals surface area (Å²) < 4.78 is 0. The number of hydrogen-bond donors (Lipinski definition) is 1. The highest BCUT2D eigenvalue weighted by molar-refractivity contribution is 5.73. The summed E-state index contributed by atoms with van der Waals surface area (Å²) in [5.74, 6) is 0. The van der Waals surface area contributed by atoms with E-state index in [1.807, 2.05) is 0 Å². The molecule has 6 heavy (non-hydrogen) atoms. The second-order valence-corrected chi connectivity index (χ2v) is 0.822. The van der Waals surface area contributed by atoms with Crippen molar-refractivity contribution in [3.05, 3.63) is 18.8 Å².